The Morgan fingerprint density at radius 3 is 2.55 bits per heavy atom. The van der Waals surface area contributed by atoms with Gasteiger partial charge >= 0.3 is 0 Å². The third-order valence-corrected chi connectivity index (χ3v) is 4.40. The average molecular weight is 333 g/mol. The molecule has 0 saturated carbocycles. The molecule has 0 radical (unpaired) electrons. The van der Waals surface area contributed by atoms with E-state index in [0.29, 0.717) is 0 Å². The lowest BCUT2D eigenvalue weighted by atomic mass is 10.1. The highest BCUT2D eigenvalue weighted by molar-refractivity contribution is 9.08. The normalized spacial score (nSPS) is 11.4. The zero-order valence-corrected chi connectivity index (χ0v) is 13.7. The maximum Gasteiger partial charge on any atom is 0.140 e. The summed E-state index contributed by atoms with van der Waals surface area (Å²) in [7, 11) is 1.97. The number of fused-ring (bicyclic) bond motifs is 1. The van der Waals surface area contributed by atoms with Gasteiger partial charge in [-0.25, -0.2) is 4.98 Å². The molecule has 4 nitrogen and oxygen atoms in total. The largest absolute Gasteiger partial charge is 0.283 e. The van der Waals surface area contributed by atoms with Gasteiger partial charge in [-0.05, 0) is 44.0 Å². The van der Waals surface area contributed by atoms with Crippen molar-refractivity contribution in [2.75, 3.05) is 0 Å². The topological polar surface area (TPSA) is 35.6 Å². The number of benzene rings is 1. The van der Waals surface area contributed by atoms with Crippen molar-refractivity contribution in [3.63, 3.8) is 0 Å². The van der Waals surface area contributed by atoms with E-state index in [4.69, 9.17) is 0 Å². The van der Waals surface area contributed by atoms with Crippen molar-refractivity contribution >= 4 is 27.0 Å². The smallest absolute Gasteiger partial charge is 0.140 e. The van der Waals surface area contributed by atoms with Crippen LogP contribution in [0.2, 0.25) is 0 Å². The maximum atomic E-state index is 4.53. The van der Waals surface area contributed by atoms with E-state index < -0.39 is 0 Å². The summed E-state index contributed by atoms with van der Waals surface area (Å²) in [5.74, 6) is 1.07. The maximum absolute atomic E-state index is 4.53. The molecule has 0 aliphatic heterocycles. The molecule has 0 aliphatic carbocycles. The van der Waals surface area contributed by atoms with Crippen molar-refractivity contribution in [1.29, 1.82) is 0 Å². The fraction of sp³-hybridized carbons (Fsp3) is 0.333. The van der Waals surface area contributed by atoms with E-state index in [1.54, 1.807) is 0 Å². The van der Waals surface area contributed by atoms with E-state index in [0.717, 1.165) is 27.9 Å². The zero-order chi connectivity index (χ0) is 14.4. The number of halogens is 1. The summed E-state index contributed by atoms with van der Waals surface area (Å²) in [5.41, 5.74) is 6.93. The van der Waals surface area contributed by atoms with Gasteiger partial charge < -0.3 is 0 Å². The van der Waals surface area contributed by atoms with Crippen LogP contribution in [0.1, 0.15) is 22.4 Å². The molecule has 3 rings (SSSR count). The number of hydrogen-bond acceptors (Lipinski definition) is 2. The Morgan fingerprint density at radius 2 is 1.85 bits per heavy atom. The van der Waals surface area contributed by atoms with Crippen LogP contribution >= 0.6 is 15.9 Å². The van der Waals surface area contributed by atoms with E-state index in [-0.39, 0.29) is 0 Å². The Labute approximate surface area is 126 Å². The van der Waals surface area contributed by atoms with Gasteiger partial charge in [0, 0.05) is 17.9 Å². The molecule has 0 amide bonds. The Hall–Kier alpha value is -1.62. The van der Waals surface area contributed by atoms with Gasteiger partial charge in [0.15, 0.2) is 0 Å². The highest BCUT2D eigenvalue weighted by Crippen LogP contribution is 2.26. The van der Waals surface area contributed by atoms with Crippen LogP contribution in [0.3, 0.4) is 0 Å². The summed E-state index contributed by atoms with van der Waals surface area (Å²) in [4.78, 5) is 4.53. The SMILES string of the molecule is Cc1cc2ncn(-c3c(CBr)c(C)nn3C)c2cc1C. The molecular formula is C15H17BrN4. The number of hydrogen-bond donors (Lipinski definition) is 0. The summed E-state index contributed by atoms with van der Waals surface area (Å²) in [5, 5.41) is 5.31. The molecule has 0 spiro atoms. The summed E-state index contributed by atoms with van der Waals surface area (Å²) in [6.07, 6.45) is 1.88. The quantitative estimate of drug-likeness (QED) is 0.672. The molecule has 20 heavy (non-hydrogen) atoms. The van der Waals surface area contributed by atoms with Crippen molar-refractivity contribution in [2.24, 2.45) is 7.05 Å². The van der Waals surface area contributed by atoms with Crippen molar-refractivity contribution in [2.45, 2.75) is 26.1 Å². The lowest BCUT2D eigenvalue weighted by Gasteiger charge is -2.08. The fourth-order valence-electron chi connectivity index (χ4n) is 2.58. The summed E-state index contributed by atoms with van der Waals surface area (Å²) >= 11 is 3.56. The van der Waals surface area contributed by atoms with Gasteiger partial charge in [-0.15, -0.1) is 0 Å². The minimum absolute atomic E-state index is 0.784. The molecule has 2 heterocycles. The average Bonchev–Trinajstić information content (AvgIpc) is 2.90. The number of imidazole rings is 1. The van der Waals surface area contributed by atoms with Crippen LogP contribution < -0.4 is 0 Å². The van der Waals surface area contributed by atoms with E-state index in [9.17, 15) is 0 Å². The minimum atomic E-state index is 0.784. The summed E-state index contributed by atoms with van der Waals surface area (Å²) in [6, 6.07) is 4.33. The van der Waals surface area contributed by atoms with Crippen molar-refractivity contribution in [3.8, 4) is 5.82 Å². The molecule has 0 bridgehead atoms. The zero-order valence-electron chi connectivity index (χ0n) is 12.1. The third-order valence-electron chi connectivity index (χ3n) is 3.84. The predicted molar refractivity (Wildman–Crippen MR) is 84.7 cm³/mol. The van der Waals surface area contributed by atoms with Crippen LogP contribution in [0.15, 0.2) is 18.5 Å². The molecule has 5 heteroatoms. The number of rotatable bonds is 2. The van der Waals surface area contributed by atoms with Crippen molar-refractivity contribution in [3.05, 3.63) is 40.8 Å². The van der Waals surface area contributed by atoms with Crippen molar-refractivity contribution in [1.82, 2.24) is 19.3 Å². The molecule has 1 aromatic carbocycles. The number of aryl methyl sites for hydroxylation is 4. The van der Waals surface area contributed by atoms with Crippen LogP contribution in [0.5, 0.6) is 0 Å². The van der Waals surface area contributed by atoms with Gasteiger partial charge in [0.05, 0.1) is 16.7 Å². The Morgan fingerprint density at radius 1 is 1.15 bits per heavy atom. The molecule has 0 N–H and O–H groups in total. The van der Waals surface area contributed by atoms with E-state index in [1.807, 2.05) is 25.0 Å². The van der Waals surface area contributed by atoms with Crippen LogP contribution in [0.25, 0.3) is 16.9 Å². The van der Waals surface area contributed by atoms with E-state index in [2.05, 4.69) is 56.6 Å². The fourth-order valence-corrected chi connectivity index (χ4v) is 3.24. The summed E-state index contributed by atoms with van der Waals surface area (Å²) in [6.45, 7) is 6.28. The van der Waals surface area contributed by atoms with Crippen LogP contribution in [0.4, 0.5) is 0 Å². The molecule has 104 valence electrons. The standard InChI is InChI=1S/C15H17BrN4/c1-9-5-13-14(6-10(9)2)20(8-17-13)15-12(7-16)11(3)18-19(15)4/h5-6,8H,7H2,1-4H3. The van der Waals surface area contributed by atoms with Crippen LogP contribution in [-0.4, -0.2) is 19.3 Å². The van der Waals surface area contributed by atoms with Gasteiger partial charge in [0.2, 0.25) is 0 Å². The highest BCUT2D eigenvalue weighted by atomic mass is 79.9. The molecule has 0 atom stereocenters. The predicted octanol–water partition coefficient (Wildman–Crippen LogP) is 3.58. The van der Waals surface area contributed by atoms with Crippen LogP contribution in [-0.2, 0) is 12.4 Å². The molecule has 0 unspecified atom stereocenters. The van der Waals surface area contributed by atoms with Gasteiger partial charge in [0.1, 0.15) is 12.1 Å². The first kappa shape index (κ1) is 13.4. The second-order valence-electron chi connectivity index (χ2n) is 5.18. The van der Waals surface area contributed by atoms with Gasteiger partial charge in [-0.1, -0.05) is 15.9 Å². The molecule has 0 fully saturated rings. The number of alkyl halides is 1. The molecule has 0 aliphatic rings. The van der Waals surface area contributed by atoms with Gasteiger partial charge in [-0.3, -0.25) is 9.25 Å². The number of nitrogens with zero attached hydrogens (tertiary/aromatic N) is 4. The van der Waals surface area contributed by atoms with Crippen molar-refractivity contribution < 1.29 is 0 Å². The minimum Gasteiger partial charge on any atom is -0.283 e. The highest BCUT2D eigenvalue weighted by Gasteiger charge is 2.16. The van der Waals surface area contributed by atoms with E-state index >= 15 is 0 Å². The summed E-state index contributed by atoms with van der Waals surface area (Å²) < 4.78 is 4.04. The molecule has 0 saturated heterocycles. The second-order valence-corrected chi connectivity index (χ2v) is 5.75. The van der Waals surface area contributed by atoms with Crippen LogP contribution in [0, 0.1) is 20.8 Å². The van der Waals surface area contributed by atoms with Gasteiger partial charge in [-0.2, -0.15) is 5.10 Å². The first-order valence-corrected chi connectivity index (χ1v) is 7.68. The molecule has 2 aromatic heterocycles. The molecule has 3 aromatic rings. The van der Waals surface area contributed by atoms with Gasteiger partial charge in [0.25, 0.3) is 0 Å². The Balaban J connectivity index is 2.33. The first-order chi connectivity index (χ1) is 9.52. The second kappa shape index (κ2) is 4.74. The Bertz CT molecular complexity index is 798. The monoisotopic (exact) mass is 332 g/mol. The third kappa shape index (κ3) is 1.88. The lowest BCUT2D eigenvalue weighted by molar-refractivity contribution is 0.726. The van der Waals surface area contributed by atoms with E-state index in [1.165, 1.54) is 16.7 Å². The lowest BCUT2D eigenvalue weighted by Crippen LogP contribution is -2.03. The molecular weight excluding hydrogens is 316 g/mol. The number of aromatic nitrogens is 4. The Kier molecular flexibility index (Phi) is 3.17. The first-order valence-electron chi connectivity index (χ1n) is 6.56.